The van der Waals surface area contributed by atoms with E-state index in [4.69, 9.17) is 4.84 Å². The van der Waals surface area contributed by atoms with Gasteiger partial charge in [-0.05, 0) is 23.3 Å². The van der Waals surface area contributed by atoms with Crippen LogP contribution in [0.5, 0.6) is 0 Å². The molecule has 0 spiro atoms. The maximum Gasteiger partial charge on any atom is 0.142 e. The summed E-state index contributed by atoms with van der Waals surface area (Å²) < 4.78 is 0. The van der Waals surface area contributed by atoms with E-state index in [2.05, 4.69) is 10.1 Å². The third-order valence-electron chi connectivity index (χ3n) is 2.06. The van der Waals surface area contributed by atoms with Crippen molar-refractivity contribution in [2.24, 2.45) is 5.16 Å². The molecule has 0 saturated heterocycles. The quantitative estimate of drug-likeness (QED) is 0.576. The Bertz CT molecular complexity index is 440. The fraction of sp³-hybridized carbons (Fsp3) is 0.0769. The average Bonchev–Trinajstić information content (AvgIpc) is 2.37. The van der Waals surface area contributed by atoms with Gasteiger partial charge in [-0.3, -0.25) is 4.98 Å². The van der Waals surface area contributed by atoms with E-state index < -0.39 is 0 Å². The highest BCUT2D eigenvalue weighted by atomic mass is 16.6. The summed E-state index contributed by atoms with van der Waals surface area (Å²) in [5.41, 5.74) is 2.08. The molecular formula is C13H12N2O. The van der Waals surface area contributed by atoms with Crippen LogP contribution < -0.4 is 0 Å². The first-order chi connectivity index (χ1) is 7.95. The maximum atomic E-state index is 5.17. The molecule has 0 bridgehead atoms. The van der Waals surface area contributed by atoms with Gasteiger partial charge in [0.2, 0.25) is 0 Å². The SMILES string of the molecule is C(=N\OCc1ccccc1)/c1ccncc1. The summed E-state index contributed by atoms with van der Waals surface area (Å²) in [5, 5.41) is 3.88. The van der Waals surface area contributed by atoms with Crippen LogP contribution in [0.3, 0.4) is 0 Å². The Kier molecular flexibility index (Phi) is 3.66. The fourth-order valence-electron chi connectivity index (χ4n) is 1.23. The molecule has 3 nitrogen and oxygen atoms in total. The van der Waals surface area contributed by atoms with Crippen molar-refractivity contribution in [2.75, 3.05) is 0 Å². The number of oxime groups is 1. The zero-order valence-corrected chi connectivity index (χ0v) is 8.78. The van der Waals surface area contributed by atoms with Crippen LogP contribution in [-0.2, 0) is 11.4 Å². The molecule has 0 unspecified atom stereocenters. The van der Waals surface area contributed by atoms with E-state index in [1.165, 1.54) is 0 Å². The Morgan fingerprint density at radius 3 is 2.56 bits per heavy atom. The Morgan fingerprint density at radius 1 is 1.06 bits per heavy atom. The van der Waals surface area contributed by atoms with Gasteiger partial charge in [-0.15, -0.1) is 0 Å². The van der Waals surface area contributed by atoms with Crippen LogP contribution in [0.15, 0.2) is 60.0 Å². The van der Waals surface area contributed by atoms with E-state index in [-0.39, 0.29) is 0 Å². The summed E-state index contributed by atoms with van der Waals surface area (Å²) in [4.78, 5) is 9.09. The first-order valence-electron chi connectivity index (χ1n) is 5.04. The summed E-state index contributed by atoms with van der Waals surface area (Å²) in [5.74, 6) is 0. The van der Waals surface area contributed by atoms with Gasteiger partial charge in [-0.2, -0.15) is 0 Å². The van der Waals surface area contributed by atoms with Crippen LogP contribution >= 0.6 is 0 Å². The molecule has 80 valence electrons. The molecule has 1 aromatic carbocycles. The zero-order valence-electron chi connectivity index (χ0n) is 8.78. The van der Waals surface area contributed by atoms with Crippen molar-refractivity contribution in [2.45, 2.75) is 6.61 Å². The molecule has 0 N–H and O–H groups in total. The Labute approximate surface area is 94.4 Å². The monoisotopic (exact) mass is 212 g/mol. The molecule has 0 atom stereocenters. The molecular weight excluding hydrogens is 200 g/mol. The molecule has 16 heavy (non-hydrogen) atoms. The summed E-state index contributed by atoms with van der Waals surface area (Å²) in [6.07, 6.45) is 5.11. The van der Waals surface area contributed by atoms with Crippen LogP contribution in [0.4, 0.5) is 0 Å². The van der Waals surface area contributed by atoms with Gasteiger partial charge in [0.05, 0.1) is 6.21 Å². The van der Waals surface area contributed by atoms with Gasteiger partial charge in [-0.25, -0.2) is 0 Å². The summed E-state index contributed by atoms with van der Waals surface area (Å²) in [6.45, 7) is 0.489. The molecule has 0 radical (unpaired) electrons. The van der Waals surface area contributed by atoms with Gasteiger partial charge in [-0.1, -0.05) is 35.5 Å². The second kappa shape index (κ2) is 5.66. The van der Waals surface area contributed by atoms with Gasteiger partial charge < -0.3 is 4.84 Å². The van der Waals surface area contributed by atoms with Gasteiger partial charge in [0.25, 0.3) is 0 Å². The molecule has 3 heteroatoms. The molecule has 2 aromatic rings. The lowest BCUT2D eigenvalue weighted by atomic mass is 10.2. The molecule has 0 aliphatic rings. The predicted molar refractivity (Wildman–Crippen MR) is 63.1 cm³/mol. The number of benzene rings is 1. The third-order valence-corrected chi connectivity index (χ3v) is 2.06. The van der Waals surface area contributed by atoms with Gasteiger partial charge >= 0.3 is 0 Å². The standard InChI is InChI=1S/C13H12N2O/c1-2-4-13(5-3-1)11-16-15-10-12-6-8-14-9-7-12/h1-10H,11H2/b15-10+. The zero-order chi connectivity index (χ0) is 11.1. The van der Waals surface area contributed by atoms with Crippen molar-refractivity contribution < 1.29 is 4.84 Å². The van der Waals surface area contributed by atoms with E-state index in [0.717, 1.165) is 11.1 Å². The molecule has 0 aliphatic carbocycles. The van der Waals surface area contributed by atoms with E-state index in [1.807, 2.05) is 42.5 Å². The predicted octanol–water partition coefficient (Wildman–Crippen LogP) is 2.63. The van der Waals surface area contributed by atoms with Crippen LogP contribution in [0, 0.1) is 0 Å². The molecule has 1 heterocycles. The smallest absolute Gasteiger partial charge is 0.142 e. The first-order valence-corrected chi connectivity index (χ1v) is 5.04. The largest absolute Gasteiger partial charge is 0.391 e. The number of nitrogens with zero attached hydrogens (tertiary/aromatic N) is 2. The highest BCUT2D eigenvalue weighted by Gasteiger charge is 1.89. The van der Waals surface area contributed by atoms with Crippen molar-refractivity contribution in [1.82, 2.24) is 4.98 Å². The number of aromatic nitrogens is 1. The Hall–Kier alpha value is -2.16. The van der Waals surface area contributed by atoms with Crippen molar-refractivity contribution in [3.8, 4) is 0 Å². The van der Waals surface area contributed by atoms with Crippen molar-refractivity contribution in [3.63, 3.8) is 0 Å². The number of pyridine rings is 1. The van der Waals surface area contributed by atoms with E-state index >= 15 is 0 Å². The minimum absolute atomic E-state index is 0.489. The minimum atomic E-state index is 0.489. The minimum Gasteiger partial charge on any atom is -0.391 e. The summed E-state index contributed by atoms with van der Waals surface area (Å²) >= 11 is 0. The van der Waals surface area contributed by atoms with Gasteiger partial charge in [0.1, 0.15) is 6.61 Å². The molecule has 0 saturated carbocycles. The highest BCUT2D eigenvalue weighted by Crippen LogP contribution is 2.00. The number of hydrogen-bond donors (Lipinski definition) is 0. The van der Waals surface area contributed by atoms with Gasteiger partial charge in [0.15, 0.2) is 0 Å². The maximum absolute atomic E-state index is 5.17. The first kappa shape index (κ1) is 10.4. The third kappa shape index (κ3) is 3.20. The van der Waals surface area contributed by atoms with Crippen molar-refractivity contribution in [3.05, 3.63) is 66.0 Å². The molecule has 2 rings (SSSR count). The topological polar surface area (TPSA) is 34.5 Å². The Morgan fingerprint density at radius 2 is 1.81 bits per heavy atom. The van der Waals surface area contributed by atoms with E-state index in [1.54, 1.807) is 18.6 Å². The van der Waals surface area contributed by atoms with Crippen molar-refractivity contribution >= 4 is 6.21 Å². The summed E-state index contributed by atoms with van der Waals surface area (Å²) in [7, 11) is 0. The normalized spacial score (nSPS) is 10.5. The lowest BCUT2D eigenvalue weighted by molar-refractivity contribution is 0.132. The second-order valence-electron chi connectivity index (χ2n) is 3.27. The van der Waals surface area contributed by atoms with Gasteiger partial charge in [0, 0.05) is 12.4 Å². The Balaban J connectivity index is 1.83. The van der Waals surface area contributed by atoms with Crippen LogP contribution in [-0.4, -0.2) is 11.2 Å². The second-order valence-corrected chi connectivity index (χ2v) is 3.27. The van der Waals surface area contributed by atoms with E-state index in [9.17, 15) is 0 Å². The van der Waals surface area contributed by atoms with E-state index in [0.29, 0.717) is 6.61 Å². The van der Waals surface area contributed by atoms with Crippen LogP contribution in [0.1, 0.15) is 11.1 Å². The number of hydrogen-bond acceptors (Lipinski definition) is 3. The molecule has 0 fully saturated rings. The molecule has 0 amide bonds. The lowest BCUT2D eigenvalue weighted by Gasteiger charge is -1.98. The average molecular weight is 212 g/mol. The molecule has 1 aromatic heterocycles. The van der Waals surface area contributed by atoms with Crippen LogP contribution in [0.2, 0.25) is 0 Å². The highest BCUT2D eigenvalue weighted by molar-refractivity contribution is 5.78. The number of rotatable bonds is 4. The van der Waals surface area contributed by atoms with Crippen LogP contribution in [0.25, 0.3) is 0 Å². The summed E-state index contributed by atoms with van der Waals surface area (Å²) in [6, 6.07) is 13.7. The molecule has 0 aliphatic heterocycles. The fourth-order valence-corrected chi connectivity index (χ4v) is 1.23. The van der Waals surface area contributed by atoms with Crippen molar-refractivity contribution in [1.29, 1.82) is 0 Å². The lowest BCUT2D eigenvalue weighted by Crippen LogP contribution is -1.87.